The van der Waals surface area contributed by atoms with Gasteiger partial charge in [-0.3, -0.25) is 0 Å². The summed E-state index contributed by atoms with van der Waals surface area (Å²) >= 11 is 0. The number of anilines is 2. The van der Waals surface area contributed by atoms with Crippen molar-refractivity contribution in [3.05, 3.63) is 0 Å². The van der Waals surface area contributed by atoms with Crippen LogP contribution in [0, 0.1) is 5.92 Å². The van der Waals surface area contributed by atoms with Gasteiger partial charge in [-0.1, -0.05) is 13.8 Å². The summed E-state index contributed by atoms with van der Waals surface area (Å²) in [5.41, 5.74) is 5.73. The Kier molecular flexibility index (Phi) is 6.44. The molecule has 0 unspecified atom stereocenters. The Balaban J connectivity index is 2.92. The van der Waals surface area contributed by atoms with Crippen LogP contribution in [0.25, 0.3) is 0 Å². The molecule has 7 nitrogen and oxygen atoms in total. The molecule has 20 heavy (non-hydrogen) atoms. The highest BCUT2D eigenvalue weighted by Crippen LogP contribution is 2.15. The first-order valence-electron chi connectivity index (χ1n) is 6.96. The van der Waals surface area contributed by atoms with E-state index in [1.807, 2.05) is 21.0 Å². The van der Waals surface area contributed by atoms with Crippen molar-refractivity contribution in [1.29, 1.82) is 0 Å². The molecule has 114 valence electrons. The first-order valence-corrected chi connectivity index (χ1v) is 6.96. The summed E-state index contributed by atoms with van der Waals surface area (Å²) < 4.78 is 5.33. The molecule has 0 fully saturated rings. The average Bonchev–Trinajstić information content (AvgIpc) is 2.33. The highest BCUT2D eigenvalue weighted by molar-refractivity contribution is 5.36. The fraction of sp³-hybridized carbons (Fsp3) is 0.769. The average molecular weight is 282 g/mol. The lowest BCUT2D eigenvalue weighted by atomic mass is 10.2. The van der Waals surface area contributed by atoms with Gasteiger partial charge in [0.2, 0.25) is 11.9 Å². The van der Waals surface area contributed by atoms with Gasteiger partial charge in [0.1, 0.15) is 0 Å². The zero-order valence-electron chi connectivity index (χ0n) is 13.1. The maximum absolute atomic E-state index is 5.73. The quantitative estimate of drug-likeness (QED) is 0.758. The molecule has 0 amide bonds. The molecule has 0 bridgehead atoms. The highest BCUT2D eigenvalue weighted by atomic mass is 16.5. The topological polar surface area (TPSA) is 80.4 Å². The van der Waals surface area contributed by atoms with Gasteiger partial charge in [-0.2, -0.15) is 15.0 Å². The van der Waals surface area contributed by atoms with Gasteiger partial charge >= 0.3 is 6.01 Å². The molecule has 0 aromatic carbocycles. The van der Waals surface area contributed by atoms with E-state index >= 15 is 0 Å². The fourth-order valence-electron chi connectivity index (χ4n) is 1.73. The molecule has 1 rings (SSSR count). The Hall–Kier alpha value is -1.63. The largest absolute Gasteiger partial charge is 0.464 e. The smallest absolute Gasteiger partial charge is 0.323 e. The molecule has 0 aliphatic heterocycles. The van der Waals surface area contributed by atoms with Gasteiger partial charge in [0.25, 0.3) is 0 Å². The molecule has 1 aromatic rings. The predicted molar refractivity (Wildman–Crippen MR) is 81.0 cm³/mol. The van der Waals surface area contributed by atoms with E-state index in [1.54, 1.807) is 0 Å². The number of nitrogens with two attached hydrogens (primary N) is 1. The van der Waals surface area contributed by atoms with Crippen molar-refractivity contribution in [3.8, 4) is 6.01 Å². The van der Waals surface area contributed by atoms with Crippen molar-refractivity contribution in [2.45, 2.75) is 20.8 Å². The van der Waals surface area contributed by atoms with Gasteiger partial charge in [-0.05, 0) is 26.9 Å². The summed E-state index contributed by atoms with van der Waals surface area (Å²) in [5.74, 6) is 1.28. The summed E-state index contributed by atoms with van der Waals surface area (Å²) in [5, 5.41) is 0. The maximum atomic E-state index is 5.73. The lowest BCUT2D eigenvalue weighted by Gasteiger charge is -2.26. The molecule has 0 aliphatic rings. The number of rotatable bonds is 8. The van der Waals surface area contributed by atoms with Crippen molar-refractivity contribution in [1.82, 2.24) is 19.9 Å². The fourth-order valence-corrected chi connectivity index (χ4v) is 1.73. The summed E-state index contributed by atoms with van der Waals surface area (Å²) in [6.07, 6.45) is 0. The molecule has 1 heterocycles. The minimum Gasteiger partial charge on any atom is -0.464 e. The van der Waals surface area contributed by atoms with E-state index in [1.165, 1.54) is 0 Å². The van der Waals surface area contributed by atoms with E-state index in [0.29, 0.717) is 18.5 Å². The third kappa shape index (κ3) is 5.56. The van der Waals surface area contributed by atoms with Gasteiger partial charge in [0, 0.05) is 19.6 Å². The van der Waals surface area contributed by atoms with Crippen LogP contribution in [0.3, 0.4) is 0 Å². The van der Waals surface area contributed by atoms with Crippen LogP contribution in [0.5, 0.6) is 6.01 Å². The third-order valence-electron chi connectivity index (χ3n) is 2.58. The number of nitrogen functional groups attached to an aromatic ring is 1. The van der Waals surface area contributed by atoms with Gasteiger partial charge < -0.3 is 20.3 Å². The zero-order chi connectivity index (χ0) is 15.1. The van der Waals surface area contributed by atoms with Crippen LogP contribution in [-0.4, -0.2) is 60.2 Å². The van der Waals surface area contributed by atoms with E-state index in [2.05, 4.69) is 38.6 Å². The Bertz CT molecular complexity index is 410. The molecule has 2 N–H and O–H groups in total. The van der Waals surface area contributed by atoms with Crippen molar-refractivity contribution in [2.75, 3.05) is 51.0 Å². The Labute approximate surface area is 121 Å². The van der Waals surface area contributed by atoms with Crippen LogP contribution < -0.4 is 15.4 Å². The number of hydrogen-bond acceptors (Lipinski definition) is 7. The van der Waals surface area contributed by atoms with E-state index < -0.39 is 0 Å². The molecule has 0 saturated carbocycles. The van der Waals surface area contributed by atoms with Crippen molar-refractivity contribution in [2.24, 2.45) is 5.92 Å². The summed E-state index contributed by atoms with van der Waals surface area (Å²) in [7, 11) is 4.09. The summed E-state index contributed by atoms with van der Waals surface area (Å²) in [4.78, 5) is 16.8. The predicted octanol–water partition coefficient (Wildman–Crippen LogP) is 0.877. The molecule has 1 aromatic heterocycles. The molecule has 0 aliphatic carbocycles. The lowest BCUT2D eigenvalue weighted by molar-refractivity contribution is 0.311. The second-order valence-electron chi connectivity index (χ2n) is 5.35. The van der Waals surface area contributed by atoms with E-state index in [-0.39, 0.29) is 12.0 Å². The molecule has 7 heteroatoms. The van der Waals surface area contributed by atoms with Gasteiger partial charge in [0.05, 0.1) is 6.61 Å². The van der Waals surface area contributed by atoms with Crippen LogP contribution >= 0.6 is 0 Å². The Morgan fingerprint density at radius 2 is 1.85 bits per heavy atom. The maximum Gasteiger partial charge on any atom is 0.323 e. The zero-order valence-corrected chi connectivity index (χ0v) is 13.1. The first-order chi connectivity index (χ1) is 9.42. The Morgan fingerprint density at radius 1 is 1.15 bits per heavy atom. The monoisotopic (exact) mass is 282 g/mol. The van der Waals surface area contributed by atoms with Gasteiger partial charge in [-0.25, -0.2) is 0 Å². The number of ether oxygens (including phenoxy) is 1. The first kappa shape index (κ1) is 16.4. The van der Waals surface area contributed by atoms with Crippen LogP contribution in [-0.2, 0) is 0 Å². The van der Waals surface area contributed by atoms with E-state index in [0.717, 1.165) is 19.6 Å². The second kappa shape index (κ2) is 7.84. The van der Waals surface area contributed by atoms with Crippen LogP contribution in [0.15, 0.2) is 0 Å². The minimum atomic E-state index is 0.192. The van der Waals surface area contributed by atoms with Gasteiger partial charge in [0.15, 0.2) is 0 Å². The number of hydrogen-bond donors (Lipinski definition) is 1. The van der Waals surface area contributed by atoms with Crippen molar-refractivity contribution < 1.29 is 4.74 Å². The SMILES string of the molecule is CCOc1nc(N)nc(N(CCN(C)C)CC(C)C)n1. The van der Waals surface area contributed by atoms with Crippen LogP contribution in [0.1, 0.15) is 20.8 Å². The van der Waals surface area contributed by atoms with Crippen LogP contribution in [0.2, 0.25) is 0 Å². The molecule has 0 spiro atoms. The molecular weight excluding hydrogens is 256 g/mol. The lowest BCUT2D eigenvalue weighted by Crippen LogP contribution is -2.35. The van der Waals surface area contributed by atoms with Gasteiger partial charge in [-0.15, -0.1) is 0 Å². The molecule has 0 saturated heterocycles. The van der Waals surface area contributed by atoms with Crippen molar-refractivity contribution in [3.63, 3.8) is 0 Å². The number of aromatic nitrogens is 3. The normalized spacial score (nSPS) is 11.2. The van der Waals surface area contributed by atoms with Crippen molar-refractivity contribution >= 4 is 11.9 Å². The minimum absolute atomic E-state index is 0.192. The molecular formula is C13H26N6O. The standard InChI is InChI=1S/C13H26N6O/c1-6-20-13-16-11(14)15-12(17-13)19(9-10(2)3)8-7-18(4)5/h10H,6-9H2,1-5H3,(H2,14,15,16,17). The van der Waals surface area contributed by atoms with E-state index in [4.69, 9.17) is 10.5 Å². The van der Waals surface area contributed by atoms with Crippen LogP contribution in [0.4, 0.5) is 11.9 Å². The van der Waals surface area contributed by atoms with E-state index in [9.17, 15) is 0 Å². The third-order valence-corrected chi connectivity index (χ3v) is 2.58. The summed E-state index contributed by atoms with van der Waals surface area (Å²) in [6, 6.07) is 0.286. The summed E-state index contributed by atoms with van der Waals surface area (Å²) in [6.45, 7) is 9.33. The number of likely N-dealkylation sites (N-methyl/N-ethyl adjacent to an activating group) is 1. The molecule has 0 radical (unpaired) electrons. The second-order valence-corrected chi connectivity index (χ2v) is 5.35. The molecule has 0 atom stereocenters. The number of nitrogens with zero attached hydrogens (tertiary/aromatic N) is 5. The highest BCUT2D eigenvalue weighted by Gasteiger charge is 2.14. The Morgan fingerprint density at radius 3 is 2.40 bits per heavy atom.